The summed E-state index contributed by atoms with van der Waals surface area (Å²) in [5.41, 5.74) is 1.72. The van der Waals surface area contributed by atoms with E-state index < -0.39 is 5.91 Å². The van der Waals surface area contributed by atoms with Crippen LogP contribution in [0.3, 0.4) is 0 Å². The Morgan fingerprint density at radius 2 is 2.11 bits per heavy atom. The average Bonchev–Trinajstić information content (AvgIpc) is 3.03. The summed E-state index contributed by atoms with van der Waals surface area (Å²) in [5, 5.41) is 3.05. The van der Waals surface area contributed by atoms with Gasteiger partial charge in [0.1, 0.15) is 17.6 Å². The fourth-order valence-corrected chi connectivity index (χ4v) is 3.35. The molecule has 2 aromatic rings. The molecule has 0 fully saturated rings. The van der Waals surface area contributed by atoms with Crippen molar-refractivity contribution in [2.75, 3.05) is 29.9 Å². The molecule has 1 amide bonds. The van der Waals surface area contributed by atoms with Gasteiger partial charge in [0.05, 0.1) is 23.5 Å². The molecule has 0 saturated carbocycles. The lowest BCUT2D eigenvalue weighted by molar-refractivity contribution is 0.102. The molecule has 0 bridgehead atoms. The van der Waals surface area contributed by atoms with Crippen molar-refractivity contribution in [3.8, 4) is 11.5 Å². The Bertz CT molecular complexity index is 871. The Hall–Kier alpha value is -2.54. The van der Waals surface area contributed by atoms with Gasteiger partial charge >= 0.3 is 0 Å². The molecule has 28 heavy (non-hydrogen) atoms. The van der Waals surface area contributed by atoms with Crippen molar-refractivity contribution in [3.63, 3.8) is 0 Å². The molecule has 1 aliphatic rings. The van der Waals surface area contributed by atoms with E-state index in [0.29, 0.717) is 24.0 Å². The van der Waals surface area contributed by atoms with Crippen LogP contribution in [0.25, 0.3) is 0 Å². The number of hydrogen-bond acceptors (Lipinski definition) is 6. The zero-order chi connectivity index (χ0) is 20.3. The first kappa shape index (κ1) is 20.2. The minimum Gasteiger partial charge on any atom is -0.492 e. The fraction of sp³-hybridized carbons (Fsp3) is 0.450. The van der Waals surface area contributed by atoms with Crippen molar-refractivity contribution in [1.29, 1.82) is 0 Å². The zero-order valence-corrected chi connectivity index (χ0v) is 17.3. The van der Waals surface area contributed by atoms with Gasteiger partial charge in [-0.15, -0.1) is 0 Å². The number of nitrogens with one attached hydrogen (secondary N) is 1. The van der Waals surface area contributed by atoms with Gasteiger partial charge in [-0.3, -0.25) is 4.79 Å². The van der Waals surface area contributed by atoms with Crippen LogP contribution in [0, 0.1) is 0 Å². The molecule has 1 aromatic carbocycles. The molecule has 7 nitrogen and oxygen atoms in total. The third-order valence-electron chi connectivity index (χ3n) is 4.54. The number of rotatable bonds is 7. The van der Waals surface area contributed by atoms with Crippen LogP contribution < -0.4 is 19.7 Å². The number of aromatic nitrogens is 2. The number of benzene rings is 1. The smallest absolute Gasteiger partial charge is 0.276 e. The number of carbonyl (C=O) groups excluding carboxylic acids is 1. The van der Waals surface area contributed by atoms with Crippen molar-refractivity contribution >= 4 is 29.1 Å². The molecule has 8 heteroatoms. The maximum Gasteiger partial charge on any atom is 0.276 e. The summed E-state index contributed by atoms with van der Waals surface area (Å²) in [6, 6.07) is 3.71. The van der Waals surface area contributed by atoms with E-state index in [1.807, 2.05) is 38.7 Å². The normalized spacial score (nSPS) is 15.0. The van der Waals surface area contributed by atoms with Crippen LogP contribution >= 0.6 is 11.6 Å². The highest BCUT2D eigenvalue weighted by Gasteiger charge is 2.24. The van der Waals surface area contributed by atoms with E-state index >= 15 is 0 Å². The van der Waals surface area contributed by atoms with Crippen LogP contribution in [0.2, 0.25) is 5.02 Å². The minimum atomic E-state index is -0.423. The topological polar surface area (TPSA) is 76.6 Å². The largest absolute Gasteiger partial charge is 0.492 e. The lowest BCUT2D eigenvalue weighted by atomic mass is 10.1. The third kappa shape index (κ3) is 4.14. The summed E-state index contributed by atoms with van der Waals surface area (Å²) in [7, 11) is 0. The number of nitrogens with zero attached hydrogens (tertiary/aromatic N) is 3. The van der Waals surface area contributed by atoms with Gasteiger partial charge in [0.15, 0.2) is 5.69 Å². The third-order valence-corrected chi connectivity index (χ3v) is 4.82. The van der Waals surface area contributed by atoms with E-state index in [9.17, 15) is 4.79 Å². The second kappa shape index (κ2) is 8.65. The first-order valence-corrected chi connectivity index (χ1v) is 9.89. The number of halogens is 1. The molecular weight excluding hydrogens is 380 g/mol. The van der Waals surface area contributed by atoms with Crippen LogP contribution in [0.5, 0.6) is 11.5 Å². The van der Waals surface area contributed by atoms with Gasteiger partial charge in [-0.05, 0) is 33.8 Å². The van der Waals surface area contributed by atoms with Crippen LogP contribution in [0.4, 0.5) is 11.6 Å². The molecule has 1 atom stereocenters. The summed E-state index contributed by atoms with van der Waals surface area (Å²) in [4.78, 5) is 23.5. The van der Waals surface area contributed by atoms with Gasteiger partial charge in [0, 0.05) is 31.1 Å². The van der Waals surface area contributed by atoms with E-state index in [4.69, 9.17) is 21.1 Å². The molecule has 1 aliphatic heterocycles. The van der Waals surface area contributed by atoms with E-state index in [2.05, 4.69) is 15.3 Å². The Labute approximate surface area is 170 Å². The molecule has 3 rings (SSSR count). The number of amides is 1. The van der Waals surface area contributed by atoms with Crippen molar-refractivity contribution in [1.82, 2.24) is 9.97 Å². The standard InChI is InChI=1S/C20H25ClN4O3/c1-5-25(6-2)20-22-11-14(21)18(24-20)19(26)23-15-10-16-13(8-12(4)28-16)9-17(15)27-7-3/h9-12H,5-8H2,1-4H3,(H,23,26). The SMILES string of the molecule is CCOc1cc2c(cc1NC(=O)c1nc(N(CC)CC)ncc1Cl)OC(C)C2. The quantitative estimate of drug-likeness (QED) is 0.752. The fourth-order valence-electron chi connectivity index (χ4n) is 3.17. The van der Waals surface area contributed by atoms with E-state index in [-0.39, 0.29) is 16.8 Å². The van der Waals surface area contributed by atoms with Crippen molar-refractivity contribution in [2.24, 2.45) is 0 Å². The minimum absolute atomic E-state index is 0.100. The molecule has 150 valence electrons. The van der Waals surface area contributed by atoms with Gasteiger partial charge in [-0.2, -0.15) is 0 Å². The van der Waals surface area contributed by atoms with Crippen LogP contribution in [0.1, 0.15) is 43.7 Å². The number of ether oxygens (including phenoxy) is 2. The Kier molecular flexibility index (Phi) is 6.24. The van der Waals surface area contributed by atoms with Crippen LogP contribution in [-0.4, -0.2) is 41.7 Å². The first-order chi connectivity index (χ1) is 13.5. The summed E-state index contributed by atoms with van der Waals surface area (Å²) in [6.45, 7) is 9.85. The molecule has 1 aromatic heterocycles. The van der Waals surface area contributed by atoms with Crippen molar-refractivity contribution < 1.29 is 14.3 Å². The monoisotopic (exact) mass is 404 g/mol. The maximum atomic E-state index is 12.9. The van der Waals surface area contributed by atoms with Crippen molar-refractivity contribution in [2.45, 2.75) is 40.2 Å². The van der Waals surface area contributed by atoms with E-state index in [1.54, 1.807) is 6.07 Å². The Morgan fingerprint density at radius 1 is 1.36 bits per heavy atom. The van der Waals surface area contributed by atoms with Gasteiger partial charge in [0.25, 0.3) is 5.91 Å². The predicted octanol–water partition coefficient (Wildman–Crippen LogP) is 3.95. The number of hydrogen-bond donors (Lipinski definition) is 1. The highest BCUT2D eigenvalue weighted by atomic mass is 35.5. The van der Waals surface area contributed by atoms with E-state index in [1.165, 1.54) is 6.20 Å². The summed E-state index contributed by atoms with van der Waals surface area (Å²) < 4.78 is 11.5. The summed E-state index contributed by atoms with van der Waals surface area (Å²) in [6.07, 6.45) is 2.37. The lowest BCUT2D eigenvalue weighted by Crippen LogP contribution is -2.25. The Balaban J connectivity index is 1.91. The molecule has 2 heterocycles. The predicted molar refractivity (Wildman–Crippen MR) is 110 cm³/mol. The molecular formula is C20H25ClN4O3. The average molecular weight is 405 g/mol. The molecule has 1 unspecified atom stereocenters. The van der Waals surface area contributed by atoms with E-state index in [0.717, 1.165) is 30.8 Å². The molecule has 1 N–H and O–H groups in total. The van der Waals surface area contributed by atoms with Gasteiger partial charge in [-0.1, -0.05) is 11.6 Å². The van der Waals surface area contributed by atoms with Gasteiger partial charge in [-0.25, -0.2) is 9.97 Å². The number of anilines is 2. The van der Waals surface area contributed by atoms with Gasteiger partial charge < -0.3 is 19.7 Å². The zero-order valence-electron chi connectivity index (χ0n) is 16.6. The first-order valence-electron chi connectivity index (χ1n) is 9.51. The second-order valence-corrected chi connectivity index (χ2v) is 6.92. The molecule has 0 aliphatic carbocycles. The maximum absolute atomic E-state index is 12.9. The second-order valence-electron chi connectivity index (χ2n) is 6.51. The van der Waals surface area contributed by atoms with Crippen molar-refractivity contribution in [3.05, 3.63) is 34.6 Å². The summed E-state index contributed by atoms with van der Waals surface area (Å²) >= 11 is 6.20. The lowest BCUT2D eigenvalue weighted by Gasteiger charge is -2.19. The molecule has 0 radical (unpaired) electrons. The highest BCUT2D eigenvalue weighted by molar-refractivity contribution is 6.34. The van der Waals surface area contributed by atoms with Gasteiger partial charge in [0.2, 0.25) is 5.95 Å². The summed E-state index contributed by atoms with van der Waals surface area (Å²) in [5.74, 6) is 1.40. The number of fused-ring (bicyclic) bond motifs is 1. The molecule has 0 saturated heterocycles. The number of carbonyl (C=O) groups is 1. The molecule has 0 spiro atoms. The highest BCUT2D eigenvalue weighted by Crippen LogP contribution is 2.38. The Morgan fingerprint density at radius 3 is 2.79 bits per heavy atom. The van der Waals surface area contributed by atoms with Crippen LogP contribution in [0.15, 0.2) is 18.3 Å². The van der Waals surface area contributed by atoms with Crippen LogP contribution in [-0.2, 0) is 6.42 Å².